The number of carbonyl (C=O) groups is 1. The van der Waals surface area contributed by atoms with Crippen LogP contribution in [0.1, 0.15) is 36.0 Å². The lowest BCUT2D eigenvalue weighted by Gasteiger charge is -2.26. The van der Waals surface area contributed by atoms with Crippen LogP contribution in [0.3, 0.4) is 0 Å². The summed E-state index contributed by atoms with van der Waals surface area (Å²) in [4.78, 5) is 14.8. The van der Waals surface area contributed by atoms with Gasteiger partial charge in [0.15, 0.2) is 5.78 Å². The summed E-state index contributed by atoms with van der Waals surface area (Å²) in [6, 6.07) is 7.71. The molecule has 0 N–H and O–H groups in total. The molecule has 0 amide bonds. The van der Waals surface area contributed by atoms with Crippen LogP contribution < -0.4 is 4.74 Å². The predicted octanol–water partition coefficient (Wildman–Crippen LogP) is 3.48. The fraction of sp³-hybridized carbons (Fsp3) is 0.611. The molecule has 0 spiro atoms. The Bertz CT molecular complexity index is 502. The monoisotopic (exact) mass is 319 g/mol. The Labute approximate surface area is 137 Å². The Kier molecular flexibility index (Phi) is 5.09. The highest BCUT2D eigenvalue weighted by Gasteiger charge is 2.37. The molecule has 2 atom stereocenters. The lowest BCUT2D eigenvalue weighted by Crippen LogP contribution is -2.24. The third kappa shape index (κ3) is 3.85. The minimum absolute atomic E-state index is 0.235. The number of hydrogen-bond donors (Lipinski definition) is 0. The molecule has 2 bridgehead atoms. The van der Waals surface area contributed by atoms with Gasteiger partial charge in [-0.05, 0) is 64.0 Å². The third-order valence-electron chi connectivity index (χ3n) is 4.61. The number of fused-ring (bicyclic) bond motifs is 2. The molecule has 2 unspecified atom stereocenters. The number of rotatable bonds is 6. The van der Waals surface area contributed by atoms with Crippen molar-refractivity contribution in [3.63, 3.8) is 0 Å². The van der Waals surface area contributed by atoms with Gasteiger partial charge < -0.3 is 9.64 Å². The van der Waals surface area contributed by atoms with Gasteiger partial charge in [-0.3, -0.25) is 4.79 Å². The highest BCUT2D eigenvalue weighted by molar-refractivity contribution is 8.00. The number of ether oxygens (including phenoxy) is 1. The van der Waals surface area contributed by atoms with Crippen LogP contribution in [0, 0.1) is 5.92 Å². The SMILES string of the molecule is CN(C)CCOc1ccc(C(=O)C2CC3CCC(C2)S3)cc1. The molecule has 0 saturated carbocycles. The standard InChI is InChI=1S/C18H25NO2S/c1-19(2)9-10-21-15-5-3-13(4-6-15)18(20)14-11-16-7-8-17(12-14)22-16/h3-6,14,16-17H,7-12H2,1-2H3. The van der Waals surface area contributed by atoms with Gasteiger partial charge in [0, 0.05) is 28.5 Å². The molecular weight excluding hydrogens is 294 g/mol. The molecule has 1 aromatic carbocycles. The summed E-state index contributed by atoms with van der Waals surface area (Å²) in [5, 5.41) is 1.45. The van der Waals surface area contributed by atoms with Crippen LogP contribution in [0.4, 0.5) is 0 Å². The summed E-state index contributed by atoms with van der Waals surface area (Å²) in [5.41, 5.74) is 0.844. The molecule has 2 aliphatic rings. The third-order valence-corrected chi connectivity index (χ3v) is 6.23. The largest absolute Gasteiger partial charge is 0.492 e. The van der Waals surface area contributed by atoms with Crippen molar-refractivity contribution in [3.8, 4) is 5.75 Å². The van der Waals surface area contributed by atoms with E-state index in [1.54, 1.807) is 0 Å². The Morgan fingerprint density at radius 2 is 1.82 bits per heavy atom. The maximum atomic E-state index is 12.7. The van der Waals surface area contributed by atoms with Crippen LogP contribution in [-0.2, 0) is 0 Å². The smallest absolute Gasteiger partial charge is 0.166 e. The Balaban J connectivity index is 1.56. The average Bonchev–Trinajstić information content (AvgIpc) is 2.85. The fourth-order valence-corrected chi connectivity index (χ4v) is 5.14. The molecular formula is C18H25NO2S. The number of ketones is 1. The van der Waals surface area contributed by atoms with Gasteiger partial charge >= 0.3 is 0 Å². The zero-order valence-electron chi connectivity index (χ0n) is 13.5. The van der Waals surface area contributed by atoms with E-state index >= 15 is 0 Å². The number of thioether (sulfide) groups is 1. The van der Waals surface area contributed by atoms with E-state index in [2.05, 4.69) is 16.7 Å². The van der Waals surface area contributed by atoms with Gasteiger partial charge in [-0.1, -0.05) is 0 Å². The van der Waals surface area contributed by atoms with E-state index in [4.69, 9.17) is 4.74 Å². The molecule has 1 aromatic rings. The second-order valence-corrected chi connectivity index (χ2v) is 8.27. The van der Waals surface area contributed by atoms with Crippen LogP contribution >= 0.6 is 11.8 Å². The minimum atomic E-state index is 0.235. The van der Waals surface area contributed by atoms with Crippen LogP contribution in [0.5, 0.6) is 5.75 Å². The highest BCUT2D eigenvalue weighted by Crippen LogP contribution is 2.46. The Morgan fingerprint density at radius 1 is 1.18 bits per heavy atom. The van der Waals surface area contributed by atoms with Gasteiger partial charge in [-0.25, -0.2) is 0 Å². The van der Waals surface area contributed by atoms with Crippen molar-refractivity contribution in [2.45, 2.75) is 36.2 Å². The summed E-state index contributed by atoms with van der Waals surface area (Å²) in [7, 11) is 4.06. The molecule has 0 aliphatic carbocycles. The van der Waals surface area contributed by atoms with E-state index < -0.39 is 0 Å². The fourth-order valence-electron chi connectivity index (χ4n) is 3.37. The number of Topliss-reactive ketones (excluding diaryl/α,β-unsaturated/α-hetero) is 1. The van der Waals surface area contributed by atoms with Gasteiger partial charge in [0.05, 0.1) is 0 Å². The van der Waals surface area contributed by atoms with Gasteiger partial charge in [-0.2, -0.15) is 11.8 Å². The molecule has 2 heterocycles. The summed E-state index contributed by atoms with van der Waals surface area (Å²) in [6.07, 6.45) is 4.75. The summed E-state index contributed by atoms with van der Waals surface area (Å²) >= 11 is 2.11. The van der Waals surface area contributed by atoms with Crippen molar-refractivity contribution in [2.24, 2.45) is 5.92 Å². The average molecular weight is 319 g/mol. The second kappa shape index (κ2) is 7.05. The predicted molar refractivity (Wildman–Crippen MR) is 91.9 cm³/mol. The number of hydrogen-bond acceptors (Lipinski definition) is 4. The number of benzene rings is 1. The van der Waals surface area contributed by atoms with E-state index in [0.717, 1.165) is 41.2 Å². The van der Waals surface area contributed by atoms with Gasteiger partial charge in [0.1, 0.15) is 12.4 Å². The maximum Gasteiger partial charge on any atom is 0.166 e. The molecule has 3 nitrogen and oxygen atoms in total. The Morgan fingerprint density at radius 3 is 2.41 bits per heavy atom. The molecule has 22 heavy (non-hydrogen) atoms. The normalized spacial score (nSPS) is 27.1. The molecule has 4 heteroatoms. The molecule has 120 valence electrons. The van der Waals surface area contributed by atoms with Crippen LogP contribution in [0.2, 0.25) is 0 Å². The molecule has 0 aromatic heterocycles. The zero-order valence-corrected chi connectivity index (χ0v) is 14.3. The molecule has 3 rings (SSSR count). The topological polar surface area (TPSA) is 29.5 Å². The zero-order chi connectivity index (χ0) is 15.5. The van der Waals surface area contributed by atoms with E-state index in [-0.39, 0.29) is 5.92 Å². The summed E-state index contributed by atoms with van der Waals surface area (Å²) < 4.78 is 5.68. The van der Waals surface area contributed by atoms with E-state index in [1.165, 1.54) is 12.8 Å². The van der Waals surface area contributed by atoms with E-state index in [0.29, 0.717) is 12.4 Å². The first-order valence-electron chi connectivity index (χ1n) is 8.19. The van der Waals surface area contributed by atoms with Crippen molar-refractivity contribution in [1.29, 1.82) is 0 Å². The molecule has 2 aliphatic heterocycles. The second-order valence-electron chi connectivity index (χ2n) is 6.67. The van der Waals surface area contributed by atoms with Crippen molar-refractivity contribution < 1.29 is 9.53 Å². The van der Waals surface area contributed by atoms with E-state index in [1.807, 2.05) is 38.4 Å². The lowest BCUT2D eigenvalue weighted by molar-refractivity contribution is 0.0907. The number of likely N-dealkylation sites (N-methyl/N-ethyl adjacent to an activating group) is 1. The van der Waals surface area contributed by atoms with E-state index in [9.17, 15) is 4.79 Å². The molecule has 0 radical (unpaired) electrons. The van der Waals surface area contributed by atoms with Crippen molar-refractivity contribution in [1.82, 2.24) is 4.90 Å². The summed E-state index contributed by atoms with van der Waals surface area (Å²) in [6.45, 7) is 1.56. The van der Waals surface area contributed by atoms with Gasteiger partial charge in [-0.15, -0.1) is 0 Å². The Hall–Kier alpha value is -1.00. The minimum Gasteiger partial charge on any atom is -0.492 e. The van der Waals surface area contributed by atoms with Crippen LogP contribution in [0.15, 0.2) is 24.3 Å². The van der Waals surface area contributed by atoms with Crippen molar-refractivity contribution in [2.75, 3.05) is 27.2 Å². The quantitative estimate of drug-likeness (QED) is 0.751. The van der Waals surface area contributed by atoms with Gasteiger partial charge in [0.25, 0.3) is 0 Å². The van der Waals surface area contributed by atoms with Crippen LogP contribution in [0.25, 0.3) is 0 Å². The van der Waals surface area contributed by atoms with Crippen molar-refractivity contribution >= 4 is 17.5 Å². The van der Waals surface area contributed by atoms with Crippen molar-refractivity contribution in [3.05, 3.63) is 29.8 Å². The first-order chi connectivity index (χ1) is 10.6. The number of nitrogens with zero attached hydrogens (tertiary/aromatic N) is 1. The highest BCUT2D eigenvalue weighted by atomic mass is 32.2. The number of carbonyl (C=O) groups excluding carboxylic acids is 1. The first kappa shape index (κ1) is 15.9. The van der Waals surface area contributed by atoms with Gasteiger partial charge in [0.2, 0.25) is 0 Å². The van der Waals surface area contributed by atoms with Crippen LogP contribution in [-0.4, -0.2) is 48.4 Å². The molecule has 2 saturated heterocycles. The summed E-state index contributed by atoms with van der Waals surface area (Å²) in [5.74, 6) is 1.41. The maximum absolute atomic E-state index is 12.7. The molecule has 2 fully saturated rings. The first-order valence-corrected chi connectivity index (χ1v) is 9.13. The lowest BCUT2D eigenvalue weighted by atomic mass is 9.90.